The van der Waals surface area contributed by atoms with Crippen LogP contribution < -0.4 is 0 Å². The molecule has 0 radical (unpaired) electrons. The second kappa shape index (κ2) is 5.91. The highest BCUT2D eigenvalue weighted by molar-refractivity contribution is 5.94. The molecule has 3 heterocycles. The average molecular weight is 319 g/mol. The van der Waals surface area contributed by atoms with Crippen LogP contribution in [0, 0.1) is 0 Å². The van der Waals surface area contributed by atoms with E-state index in [9.17, 15) is 9.90 Å². The largest absolute Gasteiger partial charge is 0.387 e. The van der Waals surface area contributed by atoms with Crippen LogP contribution in [-0.2, 0) is 12.8 Å². The van der Waals surface area contributed by atoms with Crippen molar-refractivity contribution in [2.75, 3.05) is 32.7 Å². The molecular formula is C17H25N3O3. The highest BCUT2D eigenvalue weighted by Gasteiger charge is 2.41. The molecule has 3 aliphatic rings. The maximum atomic E-state index is 12.8. The van der Waals surface area contributed by atoms with Crippen LogP contribution in [0.15, 0.2) is 4.52 Å². The zero-order valence-electron chi connectivity index (χ0n) is 13.6. The molecule has 6 heteroatoms. The summed E-state index contributed by atoms with van der Waals surface area (Å²) in [6.07, 6.45) is 7.03. The van der Waals surface area contributed by atoms with Crippen molar-refractivity contribution in [2.24, 2.45) is 0 Å². The second-order valence-electron chi connectivity index (χ2n) is 7.32. The van der Waals surface area contributed by atoms with Gasteiger partial charge in [-0.1, -0.05) is 5.16 Å². The van der Waals surface area contributed by atoms with Gasteiger partial charge in [0.15, 0.2) is 5.69 Å². The van der Waals surface area contributed by atoms with Crippen LogP contribution in [0.4, 0.5) is 0 Å². The number of nitrogens with zero attached hydrogens (tertiary/aromatic N) is 3. The van der Waals surface area contributed by atoms with E-state index in [1.165, 1.54) is 12.8 Å². The standard InChI is InChI=1S/C17H25N3O3/c21-16(15-13-5-1-2-6-14(13)23-18-15)20-10-7-17(22,12-20)11-19-8-3-4-9-19/h22H,1-12H2. The lowest BCUT2D eigenvalue weighted by molar-refractivity contribution is 0.0174. The van der Waals surface area contributed by atoms with Gasteiger partial charge in [-0.25, -0.2) is 0 Å². The first kappa shape index (κ1) is 15.1. The second-order valence-corrected chi connectivity index (χ2v) is 7.32. The normalized spacial score (nSPS) is 28.3. The Bertz CT molecular complexity index is 594. The Hall–Kier alpha value is -1.40. The molecule has 2 aliphatic heterocycles. The van der Waals surface area contributed by atoms with E-state index in [1.54, 1.807) is 4.90 Å². The molecule has 0 bridgehead atoms. The molecule has 2 fully saturated rings. The minimum Gasteiger partial charge on any atom is -0.387 e. The lowest BCUT2D eigenvalue weighted by atomic mass is 9.96. The molecular weight excluding hydrogens is 294 g/mol. The van der Waals surface area contributed by atoms with E-state index >= 15 is 0 Å². The molecule has 23 heavy (non-hydrogen) atoms. The van der Waals surface area contributed by atoms with Crippen LogP contribution in [0.25, 0.3) is 0 Å². The van der Waals surface area contributed by atoms with Gasteiger partial charge in [0, 0.05) is 25.1 Å². The SMILES string of the molecule is O=C(c1noc2c1CCCC2)N1CCC(O)(CN2CCCC2)C1. The number of β-amino-alcohol motifs (C(OH)–C–C–N with tert-alkyl or cyclic N) is 1. The first-order chi connectivity index (χ1) is 11.1. The average Bonchev–Trinajstić information content (AvgIpc) is 3.26. The van der Waals surface area contributed by atoms with Gasteiger partial charge in [-0.05, 0) is 51.6 Å². The monoisotopic (exact) mass is 319 g/mol. The van der Waals surface area contributed by atoms with Crippen molar-refractivity contribution in [1.82, 2.24) is 15.0 Å². The molecule has 0 spiro atoms. The van der Waals surface area contributed by atoms with E-state index in [1.807, 2.05) is 0 Å². The van der Waals surface area contributed by atoms with Gasteiger partial charge in [0.25, 0.3) is 5.91 Å². The third-order valence-corrected chi connectivity index (χ3v) is 5.49. The van der Waals surface area contributed by atoms with Crippen LogP contribution in [0.1, 0.15) is 53.9 Å². The molecule has 1 aromatic heterocycles. The molecule has 1 aliphatic carbocycles. The topological polar surface area (TPSA) is 69.8 Å². The molecule has 1 atom stereocenters. The van der Waals surface area contributed by atoms with Gasteiger partial charge in [-0.15, -0.1) is 0 Å². The number of rotatable bonds is 3. The lowest BCUT2D eigenvalue weighted by Gasteiger charge is -2.28. The van der Waals surface area contributed by atoms with E-state index in [-0.39, 0.29) is 5.91 Å². The van der Waals surface area contributed by atoms with Crippen molar-refractivity contribution < 1.29 is 14.4 Å². The zero-order chi connectivity index (χ0) is 15.9. The van der Waals surface area contributed by atoms with Crippen LogP contribution in [0.3, 0.4) is 0 Å². The fourth-order valence-electron chi connectivity index (χ4n) is 4.22. The Morgan fingerprint density at radius 1 is 1.17 bits per heavy atom. The predicted octanol–water partition coefficient (Wildman–Crippen LogP) is 1.23. The number of hydrogen-bond donors (Lipinski definition) is 1. The number of hydrogen-bond acceptors (Lipinski definition) is 5. The molecule has 1 N–H and O–H groups in total. The number of carbonyl (C=O) groups is 1. The third kappa shape index (κ3) is 2.90. The summed E-state index contributed by atoms with van der Waals surface area (Å²) in [6, 6.07) is 0. The van der Waals surface area contributed by atoms with Crippen molar-refractivity contribution in [3.8, 4) is 0 Å². The number of amides is 1. The third-order valence-electron chi connectivity index (χ3n) is 5.49. The van der Waals surface area contributed by atoms with Gasteiger partial charge in [-0.2, -0.15) is 0 Å². The Morgan fingerprint density at radius 2 is 1.96 bits per heavy atom. The molecule has 1 amide bonds. The molecule has 1 aromatic rings. The highest BCUT2D eigenvalue weighted by Crippen LogP contribution is 2.29. The first-order valence-electron chi connectivity index (χ1n) is 8.86. The molecule has 2 saturated heterocycles. The fraction of sp³-hybridized carbons (Fsp3) is 0.765. The number of carbonyl (C=O) groups excluding carboxylic acids is 1. The van der Waals surface area contributed by atoms with E-state index < -0.39 is 5.60 Å². The van der Waals surface area contributed by atoms with Crippen molar-refractivity contribution in [1.29, 1.82) is 0 Å². The Balaban J connectivity index is 1.44. The molecule has 126 valence electrons. The van der Waals surface area contributed by atoms with Crippen molar-refractivity contribution in [3.05, 3.63) is 17.0 Å². The zero-order valence-corrected chi connectivity index (χ0v) is 13.6. The summed E-state index contributed by atoms with van der Waals surface area (Å²) in [6.45, 7) is 3.81. The number of aromatic nitrogens is 1. The lowest BCUT2D eigenvalue weighted by Crippen LogP contribution is -2.45. The molecule has 0 saturated carbocycles. The Labute approximate surface area is 136 Å². The van der Waals surface area contributed by atoms with Crippen molar-refractivity contribution in [3.63, 3.8) is 0 Å². The minimum atomic E-state index is -0.774. The van der Waals surface area contributed by atoms with Gasteiger partial charge in [0.2, 0.25) is 0 Å². The van der Waals surface area contributed by atoms with E-state index in [0.29, 0.717) is 31.7 Å². The number of aliphatic hydroxyl groups is 1. The van der Waals surface area contributed by atoms with Crippen molar-refractivity contribution in [2.45, 2.75) is 50.5 Å². The molecule has 4 rings (SSSR count). The first-order valence-corrected chi connectivity index (χ1v) is 8.86. The molecule has 1 unspecified atom stereocenters. The predicted molar refractivity (Wildman–Crippen MR) is 84.3 cm³/mol. The summed E-state index contributed by atoms with van der Waals surface area (Å²) in [5.41, 5.74) is 0.699. The fourth-order valence-corrected chi connectivity index (χ4v) is 4.22. The molecule has 6 nitrogen and oxygen atoms in total. The van der Waals surface area contributed by atoms with Gasteiger partial charge in [0.1, 0.15) is 5.76 Å². The van der Waals surface area contributed by atoms with Crippen LogP contribution in [0.5, 0.6) is 0 Å². The maximum absolute atomic E-state index is 12.8. The summed E-state index contributed by atoms with van der Waals surface area (Å²) in [5, 5.41) is 14.9. The van der Waals surface area contributed by atoms with Crippen molar-refractivity contribution >= 4 is 5.91 Å². The Morgan fingerprint density at radius 3 is 2.78 bits per heavy atom. The van der Waals surface area contributed by atoms with E-state index in [2.05, 4.69) is 10.1 Å². The highest BCUT2D eigenvalue weighted by atomic mass is 16.5. The summed E-state index contributed by atoms with van der Waals surface area (Å²) in [4.78, 5) is 16.8. The van der Waals surface area contributed by atoms with Crippen LogP contribution in [-0.4, -0.2) is 64.3 Å². The van der Waals surface area contributed by atoms with E-state index in [0.717, 1.165) is 50.1 Å². The Kier molecular flexibility index (Phi) is 3.89. The number of aryl methyl sites for hydroxylation is 1. The molecule has 0 aromatic carbocycles. The minimum absolute atomic E-state index is 0.0748. The summed E-state index contributed by atoms with van der Waals surface area (Å²) >= 11 is 0. The van der Waals surface area contributed by atoms with E-state index in [4.69, 9.17) is 4.52 Å². The van der Waals surface area contributed by atoms with Gasteiger partial charge >= 0.3 is 0 Å². The van der Waals surface area contributed by atoms with Crippen LogP contribution >= 0.6 is 0 Å². The summed E-state index contributed by atoms with van der Waals surface area (Å²) in [5.74, 6) is 0.806. The quantitative estimate of drug-likeness (QED) is 0.907. The summed E-state index contributed by atoms with van der Waals surface area (Å²) in [7, 11) is 0. The number of likely N-dealkylation sites (tertiary alicyclic amines) is 2. The van der Waals surface area contributed by atoms with Gasteiger partial charge in [-0.3, -0.25) is 4.79 Å². The summed E-state index contributed by atoms with van der Waals surface area (Å²) < 4.78 is 5.36. The maximum Gasteiger partial charge on any atom is 0.276 e. The van der Waals surface area contributed by atoms with Gasteiger partial charge < -0.3 is 19.4 Å². The smallest absolute Gasteiger partial charge is 0.276 e. The number of fused-ring (bicyclic) bond motifs is 1. The van der Waals surface area contributed by atoms with Gasteiger partial charge in [0.05, 0.1) is 12.1 Å². The van der Waals surface area contributed by atoms with Crippen LogP contribution in [0.2, 0.25) is 0 Å².